The Morgan fingerprint density at radius 3 is 2.56 bits per heavy atom. The predicted molar refractivity (Wildman–Crippen MR) is 104 cm³/mol. The molecule has 0 unspecified atom stereocenters. The highest BCUT2D eigenvalue weighted by Gasteiger charge is 2.14. The normalized spacial score (nSPS) is 11.8. The van der Waals surface area contributed by atoms with E-state index in [9.17, 15) is 4.79 Å². The average Bonchev–Trinajstić information content (AvgIpc) is 3.04. The predicted octanol–water partition coefficient (Wildman–Crippen LogP) is 4.48. The van der Waals surface area contributed by atoms with Gasteiger partial charge in [0, 0.05) is 23.2 Å². The SMILES string of the molecule is Cc1ccc(N[C@H](C)C(=O)Nc2ncc(Cc3ccccc3)s2)cc1. The van der Waals surface area contributed by atoms with Gasteiger partial charge in [-0.2, -0.15) is 0 Å². The third-order valence-corrected chi connectivity index (χ3v) is 4.75. The zero-order valence-electron chi connectivity index (χ0n) is 14.3. The Kier molecular flexibility index (Phi) is 5.46. The number of hydrogen-bond donors (Lipinski definition) is 2. The number of thiazole rings is 1. The van der Waals surface area contributed by atoms with Crippen molar-refractivity contribution in [1.82, 2.24) is 4.98 Å². The molecule has 0 spiro atoms. The first-order valence-corrected chi connectivity index (χ1v) is 9.04. The molecule has 4 nitrogen and oxygen atoms in total. The van der Waals surface area contributed by atoms with E-state index in [4.69, 9.17) is 0 Å². The summed E-state index contributed by atoms with van der Waals surface area (Å²) in [5.41, 5.74) is 3.35. The molecule has 0 aliphatic carbocycles. The van der Waals surface area contributed by atoms with Gasteiger partial charge in [0.2, 0.25) is 5.91 Å². The summed E-state index contributed by atoms with van der Waals surface area (Å²) in [6.07, 6.45) is 2.65. The standard InChI is InChI=1S/C20H21N3OS/c1-14-8-10-17(11-9-14)22-15(2)19(24)23-20-21-13-18(25-20)12-16-6-4-3-5-7-16/h3-11,13,15,22H,12H2,1-2H3,(H,21,23,24)/t15-/m1/s1. The first kappa shape index (κ1) is 17.2. The summed E-state index contributed by atoms with van der Waals surface area (Å²) < 4.78 is 0. The van der Waals surface area contributed by atoms with Crippen LogP contribution in [-0.2, 0) is 11.2 Å². The Labute approximate surface area is 151 Å². The summed E-state index contributed by atoms with van der Waals surface area (Å²) in [5.74, 6) is -0.0961. The zero-order chi connectivity index (χ0) is 17.6. The highest BCUT2D eigenvalue weighted by Crippen LogP contribution is 2.21. The number of hydrogen-bond acceptors (Lipinski definition) is 4. The maximum absolute atomic E-state index is 12.3. The molecule has 0 fully saturated rings. The summed E-state index contributed by atoms with van der Waals surface area (Å²) in [4.78, 5) is 17.8. The van der Waals surface area contributed by atoms with Gasteiger partial charge in [-0.1, -0.05) is 48.0 Å². The lowest BCUT2D eigenvalue weighted by Crippen LogP contribution is -2.31. The molecular formula is C20H21N3OS. The molecule has 1 aromatic heterocycles. The number of rotatable bonds is 6. The molecule has 0 radical (unpaired) electrons. The van der Waals surface area contributed by atoms with E-state index in [0.717, 1.165) is 17.0 Å². The minimum atomic E-state index is -0.343. The number of aryl methyl sites for hydroxylation is 1. The first-order chi connectivity index (χ1) is 12.1. The molecule has 1 amide bonds. The molecular weight excluding hydrogens is 330 g/mol. The van der Waals surface area contributed by atoms with Gasteiger partial charge in [0.05, 0.1) is 0 Å². The van der Waals surface area contributed by atoms with Crippen molar-refractivity contribution >= 4 is 28.1 Å². The molecule has 1 heterocycles. The van der Waals surface area contributed by atoms with Gasteiger partial charge < -0.3 is 10.6 Å². The minimum absolute atomic E-state index is 0.0961. The third-order valence-electron chi connectivity index (χ3n) is 3.83. The number of carbonyl (C=O) groups excluding carboxylic acids is 1. The maximum Gasteiger partial charge on any atom is 0.248 e. The van der Waals surface area contributed by atoms with Crippen molar-refractivity contribution in [3.63, 3.8) is 0 Å². The van der Waals surface area contributed by atoms with Gasteiger partial charge >= 0.3 is 0 Å². The van der Waals surface area contributed by atoms with Gasteiger partial charge in [-0.15, -0.1) is 11.3 Å². The van der Waals surface area contributed by atoms with Crippen molar-refractivity contribution < 1.29 is 4.79 Å². The van der Waals surface area contributed by atoms with Crippen LogP contribution in [0.1, 0.15) is 22.9 Å². The summed E-state index contributed by atoms with van der Waals surface area (Å²) in [7, 11) is 0. The first-order valence-electron chi connectivity index (χ1n) is 8.23. The van der Waals surface area contributed by atoms with E-state index >= 15 is 0 Å². The van der Waals surface area contributed by atoms with E-state index in [1.165, 1.54) is 22.5 Å². The van der Waals surface area contributed by atoms with Gasteiger partial charge in [-0.3, -0.25) is 4.79 Å². The lowest BCUT2D eigenvalue weighted by atomic mass is 10.1. The van der Waals surface area contributed by atoms with Crippen LogP contribution in [0.2, 0.25) is 0 Å². The second-order valence-corrected chi connectivity index (χ2v) is 7.13. The van der Waals surface area contributed by atoms with Crippen LogP contribution in [0, 0.1) is 6.92 Å². The second-order valence-electron chi connectivity index (χ2n) is 6.02. The molecule has 25 heavy (non-hydrogen) atoms. The van der Waals surface area contributed by atoms with Crippen molar-refractivity contribution in [3.8, 4) is 0 Å². The lowest BCUT2D eigenvalue weighted by molar-refractivity contribution is -0.116. The number of aromatic nitrogens is 1. The molecule has 0 aliphatic heterocycles. The minimum Gasteiger partial charge on any atom is -0.374 e. The van der Waals surface area contributed by atoms with E-state index < -0.39 is 0 Å². The van der Waals surface area contributed by atoms with Crippen LogP contribution in [0.15, 0.2) is 60.8 Å². The molecule has 0 saturated heterocycles. The summed E-state index contributed by atoms with van der Waals surface area (Å²) in [6, 6.07) is 17.9. The Morgan fingerprint density at radius 2 is 1.84 bits per heavy atom. The Bertz CT molecular complexity index is 828. The number of carbonyl (C=O) groups is 1. The number of amides is 1. The molecule has 3 rings (SSSR count). The molecule has 2 N–H and O–H groups in total. The van der Waals surface area contributed by atoms with Gasteiger partial charge in [-0.25, -0.2) is 4.98 Å². The van der Waals surface area contributed by atoms with Crippen LogP contribution >= 0.6 is 11.3 Å². The van der Waals surface area contributed by atoms with E-state index in [-0.39, 0.29) is 11.9 Å². The zero-order valence-corrected chi connectivity index (χ0v) is 15.1. The van der Waals surface area contributed by atoms with E-state index in [0.29, 0.717) is 5.13 Å². The van der Waals surface area contributed by atoms with Crippen LogP contribution in [0.25, 0.3) is 0 Å². The molecule has 0 bridgehead atoms. The molecule has 1 atom stereocenters. The Morgan fingerprint density at radius 1 is 1.12 bits per heavy atom. The van der Waals surface area contributed by atoms with E-state index in [1.807, 2.05) is 62.5 Å². The highest BCUT2D eigenvalue weighted by molar-refractivity contribution is 7.15. The molecule has 2 aromatic carbocycles. The quantitative estimate of drug-likeness (QED) is 0.688. The number of nitrogens with zero attached hydrogens (tertiary/aromatic N) is 1. The third kappa shape index (κ3) is 4.90. The summed E-state index contributed by atoms with van der Waals surface area (Å²) in [5, 5.41) is 6.72. The second kappa shape index (κ2) is 7.94. The van der Waals surface area contributed by atoms with Crippen molar-refractivity contribution in [2.75, 3.05) is 10.6 Å². The average molecular weight is 351 g/mol. The van der Waals surface area contributed by atoms with Crippen LogP contribution in [0.5, 0.6) is 0 Å². The van der Waals surface area contributed by atoms with Crippen molar-refractivity contribution in [2.24, 2.45) is 0 Å². The van der Waals surface area contributed by atoms with E-state index in [1.54, 1.807) is 0 Å². The Hall–Kier alpha value is -2.66. The van der Waals surface area contributed by atoms with Crippen LogP contribution in [-0.4, -0.2) is 16.9 Å². The summed E-state index contributed by atoms with van der Waals surface area (Å²) >= 11 is 1.51. The fraction of sp³-hybridized carbons (Fsp3) is 0.200. The lowest BCUT2D eigenvalue weighted by Gasteiger charge is -2.14. The molecule has 0 saturated carbocycles. The summed E-state index contributed by atoms with van der Waals surface area (Å²) in [6.45, 7) is 3.88. The van der Waals surface area contributed by atoms with Crippen molar-refractivity contribution in [2.45, 2.75) is 26.3 Å². The highest BCUT2D eigenvalue weighted by atomic mass is 32.1. The Balaban J connectivity index is 1.56. The van der Waals surface area contributed by atoms with Crippen LogP contribution in [0.4, 0.5) is 10.8 Å². The van der Waals surface area contributed by atoms with Crippen molar-refractivity contribution in [3.05, 3.63) is 76.8 Å². The fourth-order valence-corrected chi connectivity index (χ4v) is 3.27. The van der Waals surface area contributed by atoms with Gasteiger partial charge in [0.25, 0.3) is 0 Å². The van der Waals surface area contributed by atoms with Gasteiger partial charge in [0.15, 0.2) is 5.13 Å². The van der Waals surface area contributed by atoms with Gasteiger partial charge in [-0.05, 0) is 31.5 Å². The molecule has 0 aliphatic rings. The van der Waals surface area contributed by atoms with E-state index in [2.05, 4.69) is 27.8 Å². The fourth-order valence-electron chi connectivity index (χ4n) is 2.42. The largest absolute Gasteiger partial charge is 0.374 e. The molecule has 128 valence electrons. The number of benzene rings is 2. The van der Waals surface area contributed by atoms with Crippen molar-refractivity contribution in [1.29, 1.82) is 0 Å². The van der Waals surface area contributed by atoms with Crippen LogP contribution in [0.3, 0.4) is 0 Å². The molecule has 5 heteroatoms. The van der Waals surface area contributed by atoms with Gasteiger partial charge in [0.1, 0.15) is 6.04 Å². The monoisotopic (exact) mass is 351 g/mol. The maximum atomic E-state index is 12.3. The topological polar surface area (TPSA) is 54.0 Å². The van der Waals surface area contributed by atoms with Crippen LogP contribution < -0.4 is 10.6 Å². The number of anilines is 2. The molecule has 3 aromatic rings. The number of nitrogens with one attached hydrogen (secondary N) is 2. The smallest absolute Gasteiger partial charge is 0.248 e.